The molecule has 1 N–H and O–H groups in total. The number of benzene rings is 1. The normalized spacial score (nSPS) is 12.8. The summed E-state index contributed by atoms with van der Waals surface area (Å²) in [5.74, 6) is 0.926. The summed E-state index contributed by atoms with van der Waals surface area (Å²) in [6, 6.07) is 12.5. The zero-order valence-corrected chi connectivity index (χ0v) is 12.9. The van der Waals surface area contributed by atoms with Crippen LogP contribution in [-0.2, 0) is 0 Å². The van der Waals surface area contributed by atoms with Crippen molar-refractivity contribution in [2.75, 3.05) is 7.05 Å². The van der Waals surface area contributed by atoms with Gasteiger partial charge in [0.2, 0.25) is 0 Å². The van der Waals surface area contributed by atoms with Crippen LogP contribution in [0.2, 0.25) is 0 Å². The number of rotatable bonds is 3. The Hall–Kier alpha value is -2.13. The Bertz CT molecular complexity index is 789. The lowest BCUT2D eigenvalue weighted by atomic mass is 10.0. The van der Waals surface area contributed by atoms with E-state index in [1.165, 1.54) is 0 Å². The first-order chi connectivity index (χ1) is 10.1. The number of pyridine rings is 1. The van der Waals surface area contributed by atoms with Gasteiger partial charge in [0.05, 0.1) is 6.04 Å². The molecule has 0 fully saturated rings. The molecule has 2 heterocycles. The molecule has 0 aliphatic rings. The fourth-order valence-corrected chi connectivity index (χ4v) is 2.82. The lowest BCUT2D eigenvalue weighted by Gasteiger charge is -2.16. The molecule has 108 valence electrons. The van der Waals surface area contributed by atoms with Gasteiger partial charge in [-0.1, -0.05) is 24.3 Å². The minimum Gasteiger partial charge on any atom is -0.459 e. The first-order valence-corrected chi connectivity index (χ1v) is 7.20. The second-order valence-electron chi connectivity index (χ2n) is 5.49. The summed E-state index contributed by atoms with van der Waals surface area (Å²) in [6.07, 6.45) is 0. The molecule has 1 atom stereocenters. The maximum Gasteiger partial charge on any atom is 0.137 e. The summed E-state index contributed by atoms with van der Waals surface area (Å²) < 4.78 is 6.10. The predicted octanol–water partition coefficient (Wildman–Crippen LogP) is 4.06. The van der Waals surface area contributed by atoms with Gasteiger partial charge in [-0.25, -0.2) is 0 Å². The second kappa shape index (κ2) is 5.34. The molecule has 3 rings (SSSR count). The van der Waals surface area contributed by atoms with Crippen LogP contribution in [0.4, 0.5) is 0 Å². The number of aryl methyl sites for hydroxylation is 3. The Morgan fingerprint density at radius 2 is 1.90 bits per heavy atom. The van der Waals surface area contributed by atoms with Crippen LogP contribution in [0.3, 0.4) is 0 Å². The van der Waals surface area contributed by atoms with Crippen molar-refractivity contribution < 1.29 is 4.42 Å². The Balaban J connectivity index is 2.11. The molecule has 21 heavy (non-hydrogen) atoms. The van der Waals surface area contributed by atoms with E-state index in [1.807, 2.05) is 27.0 Å². The minimum atomic E-state index is 0.0184. The molecule has 1 unspecified atom stereocenters. The topological polar surface area (TPSA) is 38.1 Å². The van der Waals surface area contributed by atoms with E-state index in [0.717, 1.165) is 39.2 Å². The van der Waals surface area contributed by atoms with E-state index >= 15 is 0 Å². The fraction of sp³-hybridized carbons (Fsp3) is 0.278. The van der Waals surface area contributed by atoms with Gasteiger partial charge in [0, 0.05) is 16.8 Å². The number of nitrogens with zero attached hydrogens (tertiary/aromatic N) is 1. The third-order valence-corrected chi connectivity index (χ3v) is 3.91. The van der Waals surface area contributed by atoms with Crippen molar-refractivity contribution in [2.24, 2.45) is 0 Å². The summed E-state index contributed by atoms with van der Waals surface area (Å²) in [5, 5.41) is 4.48. The number of aromatic nitrogens is 1. The number of fused-ring (bicyclic) bond motifs is 1. The maximum absolute atomic E-state index is 6.10. The third kappa shape index (κ3) is 2.45. The number of nitrogens with one attached hydrogen (secondary N) is 1. The van der Waals surface area contributed by atoms with Gasteiger partial charge in [-0.3, -0.25) is 4.98 Å². The molecule has 0 saturated heterocycles. The second-order valence-corrected chi connectivity index (χ2v) is 5.49. The van der Waals surface area contributed by atoms with Crippen molar-refractivity contribution in [1.29, 1.82) is 0 Å². The van der Waals surface area contributed by atoms with E-state index in [0.29, 0.717) is 0 Å². The Kier molecular flexibility index (Phi) is 3.52. The van der Waals surface area contributed by atoms with Crippen molar-refractivity contribution in [2.45, 2.75) is 26.8 Å². The van der Waals surface area contributed by atoms with Crippen LogP contribution in [0.15, 0.2) is 40.8 Å². The predicted molar refractivity (Wildman–Crippen MR) is 85.6 cm³/mol. The highest BCUT2D eigenvalue weighted by Crippen LogP contribution is 2.30. The summed E-state index contributed by atoms with van der Waals surface area (Å²) in [4.78, 5) is 4.56. The molecule has 1 aromatic carbocycles. The number of para-hydroxylation sites is 1. The highest BCUT2D eigenvalue weighted by Gasteiger charge is 2.19. The molecule has 3 aromatic rings. The lowest BCUT2D eigenvalue weighted by molar-refractivity contribution is 0.488. The number of furan rings is 1. The molecule has 0 amide bonds. The Labute approximate surface area is 125 Å². The van der Waals surface area contributed by atoms with Gasteiger partial charge in [-0.2, -0.15) is 0 Å². The standard InChI is InChI=1S/C18H20N2O/c1-11-6-5-7-14-10-16(21-18(11)14)17(19-4)15-9-8-12(2)20-13(15)3/h5-10,17,19H,1-4H3. The molecule has 0 saturated carbocycles. The third-order valence-electron chi connectivity index (χ3n) is 3.91. The highest BCUT2D eigenvalue weighted by molar-refractivity contribution is 5.81. The lowest BCUT2D eigenvalue weighted by Crippen LogP contribution is -2.18. The molecule has 3 nitrogen and oxygen atoms in total. The first-order valence-electron chi connectivity index (χ1n) is 7.20. The van der Waals surface area contributed by atoms with Crippen LogP contribution in [0.1, 0.15) is 34.3 Å². The van der Waals surface area contributed by atoms with Crippen molar-refractivity contribution in [1.82, 2.24) is 10.3 Å². The van der Waals surface area contributed by atoms with Gasteiger partial charge in [0.1, 0.15) is 11.3 Å². The van der Waals surface area contributed by atoms with E-state index in [2.05, 4.69) is 47.6 Å². The van der Waals surface area contributed by atoms with Crippen molar-refractivity contribution in [3.63, 3.8) is 0 Å². The summed E-state index contributed by atoms with van der Waals surface area (Å²) in [5.41, 5.74) is 5.34. The Morgan fingerprint density at radius 1 is 1.10 bits per heavy atom. The molecule has 0 spiro atoms. The molecule has 0 aliphatic heterocycles. The van der Waals surface area contributed by atoms with Gasteiger partial charge in [-0.15, -0.1) is 0 Å². The van der Waals surface area contributed by atoms with E-state index < -0.39 is 0 Å². The summed E-state index contributed by atoms with van der Waals surface area (Å²) >= 11 is 0. The van der Waals surface area contributed by atoms with Crippen molar-refractivity contribution in [3.8, 4) is 0 Å². The molecule has 2 aromatic heterocycles. The number of hydrogen-bond donors (Lipinski definition) is 1. The smallest absolute Gasteiger partial charge is 0.137 e. The van der Waals surface area contributed by atoms with Crippen LogP contribution in [0, 0.1) is 20.8 Å². The summed E-state index contributed by atoms with van der Waals surface area (Å²) in [6.45, 7) is 6.12. The largest absolute Gasteiger partial charge is 0.459 e. The molecule has 3 heteroatoms. The minimum absolute atomic E-state index is 0.0184. The molecule has 0 radical (unpaired) electrons. The van der Waals surface area contributed by atoms with E-state index in [4.69, 9.17) is 4.42 Å². The van der Waals surface area contributed by atoms with Crippen LogP contribution in [0.5, 0.6) is 0 Å². The van der Waals surface area contributed by atoms with E-state index in [1.54, 1.807) is 0 Å². The average molecular weight is 280 g/mol. The first kappa shape index (κ1) is 13.8. The zero-order chi connectivity index (χ0) is 15.0. The van der Waals surface area contributed by atoms with Gasteiger partial charge < -0.3 is 9.73 Å². The fourth-order valence-electron chi connectivity index (χ4n) is 2.82. The van der Waals surface area contributed by atoms with Crippen LogP contribution in [0.25, 0.3) is 11.0 Å². The molecule has 0 aliphatic carbocycles. The van der Waals surface area contributed by atoms with Crippen molar-refractivity contribution in [3.05, 3.63) is 64.7 Å². The number of hydrogen-bond acceptors (Lipinski definition) is 3. The molecular formula is C18H20N2O. The van der Waals surface area contributed by atoms with Gasteiger partial charge in [-0.05, 0) is 51.1 Å². The molecule has 0 bridgehead atoms. The SMILES string of the molecule is CNC(c1cc2cccc(C)c2o1)c1ccc(C)nc1C. The van der Waals surface area contributed by atoms with Crippen LogP contribution >= 0.6 is 0 Å². The van der Waals surface area contributed by atoms with Crippen molar-refractivity contribution >= 4 is 11.0 Å². The Morgan fingerprint density at radius 3 is 2.57 bits per heavy atom. The molecular weight excluding hydrogens is 260 g/mol. The highest BCUT2D eigenvalue weighted by atomic mass is 16.3. The van der Waals surface area contributed by atoms with E-state index in [9.17, 15) is 0 Å². The van der Waals surface area contributed by atoms with Gasteiger partial charge in [0.25, 0.3) is 0 Å². The van der Waals surface area contributed by atoms with Crippen LogP contribution < -0.4 is 5.32 Å². The summed E-state index contributed by atoms with van der Waals surface area (Å²) in [7, 11) is 1.95. The van der Waals surface area contributed by atoms with Gasteiger partial charge in [0.15, 0.2) is 0 Å². The van der Waals surface area contributed by atoms with Crippen LogP contribution in [-0.4, -0.2) is 12.0 Å². The maximum atomic E-state index is 6.10. The van der Waals surface area contributed by atoms with E-state index in [-0.39, 0.29) is 6.04 Å². The monoisotopic (exact) mass is 280 g/mol. The van der Waals surface area contributed by atoms with Gasteiger partial charge >= 0.3 is 0 Å². The quantitative estimate of drug-likeness (QED) is 0.786. The zero-order valence-electron chi connectivity index (χ0n) is 12.9. The average Bonchev–Trinajstić information content (AvgIpc) is 2.87.